The molecule has 0 spiro atoms. The van der Waals surface area contributed by atoms with E-state index >= 15 is 0 Å². The van der Waals surface area contributed by atoms with Crippen molar-refractivity contribution in [3.8, 4) is 0 Å². The number of amides is 1. The van der Waals surface area contributed by atoms with Gasteiger partial charge in [-0.25, -0.2) is 0 Å². The molecule has 2 heterocycles. The van der Waals surface area contributed by atoms with Crippen molar-refractivity contribution in [1.29, 1.82) is 0 Å². The molecule has 148 valence electrons. The quantitative estimate of drug-likeness (QED) is 0.723. The second-order valence-electron chi connectivity index (χ2n) is 6.51. The van der Waals surface area contributed by atoms with Gasteiger partial charge >= 0.3 is 0 Å². The van der Waals surface area contributed by atoms with Gasteiger partial charge in [0.15, 0.2) is 0 Å². The fraction of sp³-hybridized carbons (Fsp3) is 0.400. The molecule has 3 rings (SSSR count). The summed E-state index contributed by atoms with van der Waals surface area (Å²) in [6.45, 7) is 4.44. The predicted octanol–water partition coefficient (Wildman–Crippen LogP) is 4.17. The van der Waals surface area contributed by atoms with E-state index in [1.165, 1.54) is 22.3 Å². The minimum atomic E-state index is 0. The van der Waals surface area contributed by atoms with E-state index < -0.39 is 0 Å². The van der Waals surface area contributed by atoms with Crippen molar-refractivity contribution < 1.29 is 4.79 Å². The lowest BCUT2D eigenvalue weighted by molar-refractivity contribution is -0.121. The highest BCUT2D eigenvalue weighted by molar-refractivity contribution is 6.30. The van der Waals surface area contributed by atoms with Gasteiger partial charge in [0.2, 0.25) is 5.91 Å². The average Bonchev–Trinajstić information content (AvgIpc) is 2.62. The van der Waals surface area contributed by atoms with Gasteiger partial charge in [-0.05, 0) is 67.1 Å². The first-order valence-electron chi connectivity index (χ1n) is 8.81. The summed E-state index contributed by atoms with van der Waals surface area (Å²) in [6.07, 6.45) is 5.21. The van der Waals surface area contributed by atoms with Crippen LogP contribution in [0.3, 0.4) is 0 Å². The molecule has 2 aromatic rings. The topological polar surface area (TPSA) is 54.0 Å². The van der Waals surface area contributed by atoms with Crippen LogP contribution in [0.25, 0.3) is 0 Å². The summed E-state index contributed by atoms with van der Waals surface area (Å²) in [4.78, 5) is 16.7. The van der Waals surface area contributed by atoms with Crippen LogP contribution in [0.1, 0.15) is 40.8 Å². The molecular weight excluding hydrogens is 405 g/mol. The Bertz CT molecular complexity index is 751. The zero-order chi connectivity index (χ0) is 17.6. The van der Waals surface area contributed by atoms with E-state index in [0.29, 0.717) is 13.0 Å². The van der Waals surface area contributed by atoms with Crippen LogP contribution in [0.5, 0.6) is 0 Å². The molecule has 0 fully saturated rings. The molecule has 0 bridgehead atoms. The average molecular weight is 431 g/mol. The zero-order valence-electron chi connectivity index (χ0n) is 15.4. The molecule has 2 N–H and O–H groups in total. The van der Waals surface area contributed by atoms with Gasteiger partial charge < -0.3 is 10.6 Å². The molecule has 1 aromatic heterocycles. The van der Waals surface area contributed by atoms with Crippen LogP contribution in [0.4, 0.5) is 0 Å². The molecule has 0 atom stereocenters. The summed E-state index contributed by atoms with van der Waals surface area (Å²) in [5.74, 6) is 0.0971. The van der Waals surface area contributed by atoms with Gasteiger partial charge in [0.05, 0.1) is 0 Å². The second-order valence-corrected chi connectivity index (χ2v) is 6.95. The summed E-state index contributed by atoms with van der Waals surface area (Å²) < 4.78 is 0. The first-order valence-corrected chi connectivity index (χ1v) is 9.19. The lowest BCUT2D eigenvalue weighted by Crippen LogP contribution is -2.28. The maximum absolute atomic E-state index is 12.2. The Morgan fingerprint density at radius 2 is 2.00 bits per heavy atom. The summed E-state index contributed by atoms with van der Waals surface area (Å²) >= 11 is 5.89. The largest absolute Gasteiger partial charge is 0.352 e. The minimum Gasteiger partial charge on any atom is -0.352 e. The lowest BCUT2D eigenvalue weighted by Gasteiger charge is -2.21. The molecule has 1 amide bonds. The number of aryl methyl sites for hydroxylation is 2. The van der Waals surface area contributed by atoms with E-state index in [1.54, 1.807) is 0 Å². The van der Waals surface area contributed by atoms with Gasteiger partial charge in [-0.1, -0.05) is 23.7 Å². The highest BCUT2D eigenvalue weighted by atomic mass is 35.5. The molecule has 0 unspecified atom stereocenters. The summed E-state index contributed by atoms with van der Waals surface area (Å²) in [6, 6.07) is 7.80. The molecule has 1 aromatic carbocycles. The van der Waals surface area contributed by atoms with E-state index in [-0.39, 0.29) is 30.7 Å². The van der Waals surface area contributed by atoms with Gasteiger partial charge in [0.25, 0.3) is 0 Å². The minimum absolute atomic E-state index is 0. The number of halogens is 3. The van der Waals surface area contributed by atoms with E-state index in [2.05, 4.69) is 15.6 Å². The number of hydrogen-bond acceptors (Lipinski definition) is 3. The van der Waals surface area contributed by atoms with Crippen molar-refractivity contribution in [3.63, 3.8) is 0 Å². The SMILES string of the molecule is Cc1ncc2c(c1CNC(=O)CCCc1ccc(Cl)cc1)CCNC2.Cl.Cl. The van der Waals surface area contributed by atoms with Crippen molar-refractivity contribution in [3.05, 3.63) is 63.4 Å². The van der Waals surface area contributed by atoms with Crippen LogP contribution in [-0.4, -0.2) is 17.4 Å². The summed E-state index contributed by atoms with van der Waals surface area (Å²) in [7, 11) is 0. The van der Waals surface area contributed by atoms with Gasteiger partial charge in [0, 0.05) is 36.4 Å². The number of hydrogen-bond donors (Lipinski definition) is 2. The van der Waals surface area contributed by atoms with Crippen molar-refractivity contribution in [2.24, 2.45) is 0 Å². The Morgan fingerprint density at radius 3 is 2.74 bits per heavy atom. The van der Waals surface area contributed by atoms with Gasteiger partial charge in [-0.15, -0.1) is 24.8 Å². The highest BCUT2D eigenvalue weighted by Crippen LogP contribution is 2.20. The number of fused-ring (bicyclic) bond motifs is 1. The lowest BCUT2D eigenvalue weighted by atomic mass is 9.96. The van der Waals surface area contributed by atoms with Gasteiger partial charge in [-0.3, -0.25) is 9.78 Å². The Labute approximate surface area is 178 Å². The Hall–Kier alpha value is -1.33. The van der Waals surface area contributed by atoms with E-state index in [0.717, 1.165) is 43.1 Å². The molecular formula is C20H26Cl3N3O. The summed E-state index contributed by atoms with van der Waals surface area (Å²) in [5.41, 5.74) is 6.02. The number of nitrogens with one attached hydrogen (secondary N) is 2. The Morgan fingerprint density at radius 1 is 1.26 bits per heavy atom. The smallest absolute Gasteiger partial charge is 0.220 e. The van der Waals surface area contributed by atoms with E-state index in [9.17, 15) is 4.79 Å². The number of aromatic nitrogens is 1. The van der Waals surface area contributed by atoms with Crippen LogP contribution >= 0.6 is 36.4 Å². The number of carbonyl (C=O) groups excluding carboxylic acids is 1. The zero-order valence-corrected chi connectivity index (χ0v) is 17.8. The fourth-order valence-corrected chi connectivity index (χ4v) is 3.38. The molecule has 4 nitrogen and oxygen atoms in total. The van der Waals surface area contributed by atoms with Crippen molar-refractivity contribution in [2.75, 3.05) is 6.54 Å². The second kappa shape index (κ2) is 11.5. The van der Waals surface area contributed by atoms with E-state index in [1.807, 2.05) is 37.4 Å². The van der Waals surface area contributed by atoms with Gasteiger partial charge in [-0.2, -0.15) is 0 Å². The normalized spacial score (nSPS) is 12.4. The van der Waals surface area contributed by atoms with Crippen LogP contribution in [0, 0.1) is 6.92 Å². The first-order chi connectivity index (χ1) is 12.1. The third-order valence-electron chi connectivity index (χ3n) is 4.71. The maximum atomic E-state index is 12.2. The highest BCUT2D eigenvalue weighted by Gasteiger charge is 2.16. The Balaban J connectivity index is 0.00000182. The molecule has 1 aliphatic rings. The predicted molar refractivity (Wildman–Crippen MR) is 115 cm³/mol. The molecule has 0 aliphatic carbocycles. The maximum Gasteiger partial charge on any atom is 0.220 e. The summed E-state index contributed by atoms with van der Waals surface area (Å²) in [5, 5.41) is 7.17. The standard InChI is InChI=1S/C20H24ClN3O.2ClH/c1-14-19(18-9-10-22-11-16(18)12-23-14)13-24-20(25)4-2-3-15-5-7-17(21)8-6-15;;/h5-8,12,22H,2-4,9-11,13H2,1H3,(H,24,25);2*1H. The van der Waals surface area contributed by atoms with Crippen LogP contribution in [-0.2, 0) is 30.7 Å². The molecule has 0 radical (unpaired) electrons. The van der Waals surface area contributed by atoms with Crippen molar-refractivity contribution in [2.45, 2.75) is 45.7 Å². The van der Waals surface area contributed by atoms with Crippen molar-refractivity contribution in [1.82, 2.24) is 15.6 Å². The van der Waals surface area contributed by atoms with Crippen molar-refractivity contribution >= 4 is 42.3 Å². The third-order valence-corrected chi connectivity index (χ3v) is 4.97. The Kier molecular flexibility index (Phi) is 10.1. The monoisotopic (exact) mass is 429 g/mol. The van der Waals surface area contributed by atoms with E-state index in [4.69, 9.17) is 11.6 Å². The van der Waals surface area contributed by atoms with Crippen LogP contribution < -0.4 is 10.6 Å². The number of nitrogens with zero attached hydrogens (tertiary/aromatic N) is 1. The van der Waals surface area contributed by atoms with Crippen LogP contribution in [0.15, 0.2) is 30.5 Å². The number of pyridine rings is 1. The number of benzene rings is 1. The first kappa shape index (κ1) is 23.7. The number of rotatable bonds is 6. The molecule has 27 heavy (non-hydrogen) atoms. The molecule has 0 saturated heterocycles. The van der Waals surface area contributed by atoms with Crippen LogP contribution in [0.2, 0.25) is 5.02 Å². The molecule has 1 aliphatic heterocycles. The fourth-order valence-electron chi connectivity index (χ4n) is 3.26. The van der Waals surface area contributed by atoms with Gasteiger partial charge in [0.1, 0.15) is 0 Å². The molecule has 0 saturated carbocycles. The third kappa shape index (κ3) is 6.65. The number of carbonyl (C=O) groups is 1. The molecule has 7 heteroatoms.